The Morgan fingerprint density at radius 1 is 1.17 bits per heavy atom. The largest absolute Gasteiger partial charge is 0.416 e. The highest BCUT2D eigenvalue weighted by Gasteiger charge is 2.50. The van der Waals surface area contributed by atoms with E-state index in [1.54, 1.807) is 12.1 Å². The molecular weight excluding hydrogens is 417 g/mol. The van der Waals surface area contributed by atoms with Crippen molar-refractivity contribution in [3.63, 3.8) is 0 Å². The number of fused-ring (bicyclic) bond motifs is 2. The van der Waals surface area contributed by atoms with Gasteiger partial charge in [0.1, 0.15) is 11.6 Å². The molecule has 1 saturated carbocycles. The van der Waals surface area contributed by atoms with Gasteiger partial charge in [0.05, 0.1) is 22.2 Å². The predicted octanol–water partition coefficient (Wildman–Crippen LogP) is 4.80. The lowest BCUT2D eigenvalue weighted by Gasteiger charge is -2.13. The average Bonchev–Trinajstić information content (AvgIpc) is 3.43. The van der Waals surface area contributed by atoms with E-state index in [0.29, 0.717) is 10.7 Å². The van der Waals surface area contributed by atoms with Gasteiger partial charge >= 0.3 is 6.18 Å². The molecule has 2 heterocycles. The fourth-order valence-corrected chi connectivity index (χ4v) is 4.05. The van der Waals surface area contributed by atoms with Crippen LogP contribution in [0.25, 0.3) is 16.6 Å². The van der Waals surface area contributed by atoms with Crippen molar-refractivity contribution in [3.8, 4) is 6.07 Å². The van der Waals surface area contributed by atoms with Crippen LogP contribution in [0.4, 0.5) is 13.2 Å². The summed E-state index contributed by atoms with van der Waals surface area (Å²) >= 11 is 5.98. The number of H-pyrrole nitrogens is 1. The molecule has 1 aliphatic rings. The number of benzene rings is 2. The lowest BCUT2D eigenvalue weighted by Crippen LogP contribution is -2.17. The standard InChI is InChI=1S/C21H12ClF3N4O/c22-13-4-1-11(2-5-13)20(7-8-20)17-15(10-26)18-27-16-6-3-12(21(23,24)25)9-14(16)19(30)29(18)28-17/h1-6,9,27H,7-8H2. The molecule has 1 aliphatic carbocycles. The zero-order valence-electron chi connectivity index (χ0n) is 15.2. The van der Waals surface area contributed by atoms with Crippen molar-refractivity contribution in [2.75, 3.05) is 0 Å². The maximum atomic E-state index is 13.1. The van der Waals surface area contributed by atoms with Gasteiger partial charge in [-0.1, -0.05) is 23.7 Å². The van der Waals surface area contributed by atoms with Crippen LogP contribution in [0.15, 0.2) is 47.3 Å². The van der Waals surface area contributed by atoms with Crippen LogP contribution in [0.5, 0.6) is 0 Å². The number of aromatic nitrogens is 3. The Kier molecular flexibility index (Phi) is 3.80. The van der Waals surface area contributed by atoms with Crippen molar-refractivity contribution >= 4 is 28.2 Å². The zero-order chi connectivity index (χ0) is 21.3. The summed E-state index contributed by atoms with van der Waals surface area (Å²) in [5, 5.41) is 14.6. The minimum Gasteiger partial charge on any atom is -0.338 e. The van der Waals surface area contributed by atoms with E-state index in [2.05, 4.69) is 16.2 Å². The van der Waals surface area contributed by atoms with Gasteiger partial charge in [-0.15, -0.1) is 0 Å². The number of alkyl halides is 3. The Morgan fingerprint density at radius 2 is 1.87 bits per heavy atom. The molecule has 2 aromatic heterocycles. The molecule has 0 unspecified atom stereocenters. The van der Waals surface area contributed by atoms with Crippen LogP contribution in [0.2, 0.25) is 5.02 Å². The van der Waals surface area contributed by atoms with Gasteiger partial charge in [-0.25, -0.2) is 0 Å². The summed E-state index contributed by atoms with van der Waals surface area (Å²) in [5.41, 5.74) is -0.209. The smallest absolute Gasteiger partial charge is 0.338 e. The van der Waals surface area contributed by atoms with Gasteiger partial charge in [0, 0.05) is 10.4 Å². The van der Waals surface area contributed by atoms with E-state index in [1.165, 1.54) is 6.07 Å². The molecule has 30 heavy (non-hydrogen) atoms. The quantitative estimate of drug-likeness (QED) is 0.498. The van der Waals surface area contributed by atoms with Gasteiger partial charge in [0.2, 0.25) is 0 Å². The van der Waals surface area contributed by atoms with Crippen molar-refractivity contribution in [1.29, 1.82) is 5.26 Å². The molecule has 5 rings (SSSR count). The van der Waals surface area contributed by atoms with E-state index in [0.717, 1.165) is 35.1 Å². The normalized spacial score (nSPS) is 15.4. The summed E-state index contributed by atoms with van der Waals surface area (Å²) in [6, 6.07) is 12.2. The number of hydrogen-bond donors (Lipinski definition) is 1. The van der Waals surface area contributed by atoms with Crippen LogP contribution in [-0.4, -0.2) is 14.6 Å². The van der Waals surface area contributed by atoms with Gasteiger partial charge in [-0.3, -0.25) is 4.79 Å². The second kappa shape index (κ2) is 6.09. The minimum absolute atomic E-state index is 0.146. The molecule has 2 aromatic carbocycles. The molecule has 0 aliphatic heterocycles. The number of nitrogens with one attached hydrogen (secondary N) is 1. The number of halogens is 4. The van der Waals surface area contributed by atoms with Crippen LogP contribution in [0.3, 0.4) is 0 Å². The first-order valence-corrected chi connectivity index (χ1v) is 9.45. The Morgan fingerprint density at radius 3 is 2.47 bits per heavy atom. The third kappa shape index (κ3) is 2.62. The van der Waals surface area contributed by atoms with Crippen LogP contribution < -0.4 is 5.56 Å². The SMILES string of the molecule is N#Cc1c(C2(c3ccc(Cl)cc3)CC2)nn2c(=O)c3cc(C(F)(F)F)ccc3[nH]c12. The first-order chi connectivity index (χ1) is 14.2. The average molecular weight is 429 g/mol. The summed E-state index contributed by atoms with van der Waals surface area (Å²) in [5.74, 6) is 0. The molecular formula is C21H12ClF3N4O. The van der Waals surface area contributed by atoms with E-state index in [4.69, 9.17) is 11.6 Å². The molecule has 9 heteroatoms. The summed E-state index contributed by atoms with van der Waals surface area (Å²) in [6.07, 6.45) is -3.10. The first kappa shape index (κ1) is 18.7. The van der Waals surface area contributed by atoms with Crippen LogP contribution in [-0.2, 0) is 11.6 Å². The number of aromatic amines is 1. The fourth-order valence-electron chi connectivity index (χ4n) is 3.93. The number of rotatable bonds is 2. The number of nitriles is 1. The fraction of sp³-hybridized carbons (Fsp3) is 0.190. The Bertz CT molecular complexity index is 1420. The van der Waals surface area contributed by atoms with Crippen LogP contribution in [0.1, 0.15) is 35.2 Å². The lowest BCUT2D eigenvalue weighted by molar-refractivity contribution is -0.137. The lowest BCUT2D eigenvalue weighted by atomic mass is 9.90. The summed E-state index contributed by atoms with van der Waals surface area (Å²) < 4.78 is 40.2. The molecule has 0 bridgehead atoms. The van der Waals surface area contributed by atoms with Gasteiger partial charge in [-0.05, 0) is 48.7 Å². The van der Waals surface area contributed by atoms with Crippen molar-refractivity contribution in [2.24, 2.45) is 0 Å². The van der Waals surface area contributed by atoms with E-state index < -0.39 is 22.7 Å². The highest BCUT2D eigenvalue weighted by atomic mass is 35.5. The third-order valence-electron chi connectivity index (χ3n) is 5.62. The minimum atomic E-state index is -4.57. The molecule has 4 aromatic rings. The summed E-state index contributed by atoms with van der Waals surface area (Å²) in [4.78, 5) is 15.9. The summed E-state index contributed by atoms with van der Waals surface area (Å²) in [7, 11) is 0. The number of nitrogens with zero attached hydrogens (tertiary/aromatic N) is 3. The molecule has 0 saturated heterocycles. The second-order valence-electron chi connectivity index (χ2n) is 7.37. The zero-order valence-corrected chi connectivity index (χ0v) is 16.0. The summed E-state index contributed by atoms with van der Waals surface area (Å²) in [6.45, 7) is 0. The maximum Gasteiger partial charge on any atom is 0.416 e. The topological polar surface area (TPSA) is 74.0 Å². The van der Waals surface area contributed by atoms with E-state index in [9.17, 15) is 23.2 Å². The van der Waals surface area contributed by atoms with Crippen molar-refractivity contribution in [3.05, 3.63) is 80.2 Å². The van der Waals surface area contributed by atoms with Gasteiger partial charge < -0.3 is 4.98 Å². The number of hydrogen-bond acceptors (Lipinski definition) is 3. The van der Waals surface area contributed by atoms with E-state index in [1.807, 2.05) is 12.1 Å². The second-order valence-corrected chi connectivity index (χ2v) is 7.81. The van der Waals surface area contributed by atoms with E-state index in [-0.39, 0.29) is 22.1 Å². The predicted molar refractivity (Wildman–Crippen MR) is 105 cm³/mol. The Balaban J connectivity index is 1.78. The van der Waals surface area contributed by atoms with Gasteiger partial charge in [0.25, 0.3) is 5.56 Å². The van der Waals surface area contributed by atoms with E-state index >= 15 is 0 Å². The van der Waals surface area contributed by atoms with Crippen LogP contribution >= 0.6 is 11.6 Å². The monoisotopic (exact) mass is 428 g/mol. The highest BCUT2D eigenvalue weighted by Crippen LogP contribution is 2.54. The molecule has 150 valence electrons. The molecule has 1 N–H and O–H groups in total. The maximum absolute atomic E-state index is 13.1. The third-order valence-corrected chi connectivity index (χ3v) is 5.87. The molecule has 0 radical (unpaired) electrons. The molecule has 1 fully saturated rings. The molecule has 5 nitrogen and oxygen atoms in total. The molecule has 0 amide bonds. The molecule has 0 spiro atoms. The molecule has 0 atom stereocenters. The Labute approximate surface area is 172 Å². The van der Waals surface area contributed by atoms with Crippen molar-refractivity contribution in [1.82, 2.24) is 14.6 Å². The first-order valence-electron chi connectivity index (χ1n) is 9.07. The van der Waals surface area contributed by atoms with Crippen molar-refractivity contribution in [2.45, 2.75) is 24.4 Å². The van der Waals surface area contributed by atoms with Gasteiger partial charge in [0.15, 0.2) is 5.65 Å². The van der Waals surface area contributed by atoms with Crippen LogP contribution in [0, 0.1) is 11.3 Å². The Hall–Kier alpha value is -3.31. The van der Waals surface area contributed by atoms with Gasteiger partial charge in [-0.2, -0.15) is 28.0 Å². The van der Waals surface area contributed by atoms with Crippen molar-refractivity contribution < 1.29 is 13.2 Å². The highest BCUT2D eigenvalue weighted by molar-refractivity contribution is 6.30.